The number of para-hydroxylation sites is 1. The quantitative estimate of drug-likeness (QED) is 0.516. The molecule has 0 saturated carbocycles. The van der Waals surface area contributed by atoms with Crippen molar-refractivity contribution in [3.63, 3.8) is 0 Å². The van der Waals surface area contributed by atoms with Crippen LogP contribution in [0.15, 0.2) is 71.9 Å². The van der Waals surface area contributed by atoms with E-state index in [-0.39, 0.29) is 17.0 Å². The van der Waals surface area contributed by atoms with Crippen molar-refractivity contribution in [3.8, 4) is 5.69 Å². The van der Waals surface area contributed by atoms with Gasteiger partial charge in [-0.05, 0) is 36.8 Å². The van der Waals surface area contributed by atoms with E-state index in [0.717, 1.165) is 16.8 Å². The highest BCUT2D eigenvalue weighted by Gasteiger charge is 2.21. The van der Waals surface area contributed by atoms with Crippen LogP contribution in [0.5, 0.6) is 0 Å². The molecule has 3 rings (SSSR count). The molecule has 1 heterocycles. The molecule has 9 heteroatoms. The van der Waals surface area contributed by atoms with Crippen LogP contribution in [0.25, 0.3) is 5.69 Å². The first-order chi connectivity index (χ1) is 15.3. The van der Waals surface area contributed by atoms with Gasteiger partial charge < -0.3 is 10.6 Å². The van der Waals surface area contributed by atoms with Crippen molar-refractivity contribution in [2.75, 3.05) is 13.1 Å². The Bertz CT molecular complexity index is 1120. The third-order valence-corrected chi connectivity index (χ3v) is 7.24. The zero-order valence-corrected chi connectivity index (χ0v) is 19.3. The van der Waals surface area contributed by atoms with Crippen molar-refractivity contribution in [1.29, 1.82) is 0 Å². The number of aromatic nitrogens is 2. The van der Waals surface area contributed by atoms with E-state index in [1.807, 2.05) is 57.3 Å². The molecule has 2 N–H and O–H groups in total. The summed E-state index contributed by atoms with van der Waals surface area (Å²) in [6.07, 6.45) is 3.58. The van der Waals surface area contributed by atoms with Crippen LogP contribution in [0.2, 0.25) is 0 Å². The van der Waals surface area contributed by atoms with Crippen LogP contribution < -0.4 is 10.6 Å². The number of carbonyl (C=O) groups is 1. The molecule has 0 radical (unpaired) electrons. The Morgan fingerprint density at radius 3 is 2.34 bits per heavy atom. The Balaban J connectivity index is 1.55. The van der Waals surface area contributed by atoms with Gasteiger partial charge >= 0.3 is 6.03 Å². The predicted octanol–water partition coefficient (Wildman–Crippen LogP) is 3.46. The monoisotopic (exact) mass is 455 g/mol. The molecule has 170 valence electrons. The first kappa shape index (κ1) is 23.5. The average Bonchev–Trinajstić information content (AvgIpc) is 3.28. The highest BCUT2D eigenvalue weighted by atomic mass is 32.2. The summed E-state index contributed by atoms with van der Waals surface area (Å²) in [7, 11) is -3.50. The summed E-state index contributed by atoms with van der Waals surface area (Å²) in [5.41, 5.74) is 2.64. The summed E-state index contributed by atoms with van der Waals surface area (Å²) in [6, 6.07) is 15.7. The third-order valence-electron chi connectivity index (χ3n) is 5.18. The van der Waals surface area contributed by atoms with E-state index in [2.05, 4.69) is 15.7 Å². The molecular formula is C23H29N5O3S. The Hall–Kier alpha value is -3.17. The number of nitrogens with zero attached hydrogens (tertiary/aromatic N) is 3. The van der Waals surface area contributed by atoms with Crippen LogP contribution in [-0.4, -0.2) is 41.6 Å². The van der Waals surface area contributed by atoms with Gasteiger partial charge in [0, 0.05) is 31.4 Å². The van der Waals surface area contributed by atoms with E-state index in [0.29, 0.717) is 19.6 Å². The van der Waals surface area contributed by atoms with Crippen LogP contribution in [0.3, 0.4) is 0 Å². The topological polar surface area (TPSA) is 96.3 Å². The molecule has 8 nitrogen and oxygen atoms in total. The van der Waals surface area contributed by atoms with Gasteiger partial charge in [0.25, 0.3) is 0 Å². The van der Waals surface area contributed by atoms with Crippen molar-refractivity contribution in [1.82, 2.24) is 24.7 Å². The summed E-state index contributed by atoms with van der Waals surface area (Å²) in [5.74, 6) is 0. The molecule has 2 aromatic carbocycles. The van der Waals surface area contributed by atoms with Gasteiger partial charge in [0.15, 0.2) is 0 Å². The maximum absolute atomic E-state index is 12.6. The van der Waals surface area contributed by atoms with Gasteiger partial charge in [-0.1, -0.05) is 44.2 Å². The van der Waals surface area contributed by atoms with E-state index < -0.39 is 10.0 Å². The molecule has 0 unspecified atom stereocenters. The Morgan fingerprint density at radius 2 is 1.72 bits per heavy atom. The first-order valence-electron chi connectivity index (χ1n) is 10.6. The van der Waals surface area contributed by atoms with E-state index in [1.165, 1.54) is 4.31 Å². The average molecular weight is 456 g/mol. The second kappa shape index (κ2) is 10.4. The SMILES string of the molecule is CCN(CC)S(=O)(=O)c1ccc([C@H](C)NC(=O)NCc2cnn(-c3ccccc3)c2)cc1. The smallest absolute Gasteiger partial charge is 0.315 e. The minimum absolute atomic E-state index is 0.247. The standard InChI is InChI=1S/C23H29N5O3S/c1-4-27(5-2)32(30,31)22-13-11-20(12-14-22)18(3)26-23(29)24-15-19-16-25-28(17-19)21-9-7-6-8-10-21/h6-14,16-18H,4-5,15H2,1-3H3,(H2,24,26,29)/t18-/m0/s1. The normalized spacial score (nSPS) is 12.5. The Kier molecular flexibility index (Phi) is 7.66. The molecule has 0 saturated heterocycles. The van der Waals surface area contributed by atoms with Crippen LogP contribution in [0.4, 0.5) is 4.79 Å². The number of sulfonamides is 1. The predicted molar refractivity (Wildman–Crippen MR) is 124 cm³/mol. The molecule has 0 fully saturated rings. The highest BCUT2D eigenvalue weighted by Crippen LogP contribution is 2.19. The molecule has 2 amide bonds. The lowest BCUT2D eigenvalue weighted by molar-refractivity contribution is 0.237. The maximum atomic E-state index is 12.6. The lowest BCUT2D eigenvalue weighted by Crippen LogP contribution is -2.36. The molecule has 1 atom stereocenters. The first-order valence-corrected chi connectivity index (χ1v) is 12.0. The zero-order valence-electron chi connectivity index (χ0n) is 18.5. The number of carbonyl (C=O) groups excluding carboxylic acids is 1. The van der Waals surface area contributed by atoms with Gasteiger partial charge in [-0.15, -0.1) is 0 Å². The van der Waals surface area contributed by atoms with Crippen molar-refractivity contribution < 1.29 is 13.2 Å². The lowest BCUT2D eigenvalue weighted by Gasteiger charge is -2.19. The molecule has 0 aliphatic carbocycles. The van der Waals surface area contributed by atoms with Gasteiger partial charge in [0.1, 0.15) is 0 Å². The van der Waals surface area contributed by atoms with Gasteiger partial charge in [-0.3, -0.25) is 0 Å². The highest BCUT2D eigenvalue weighted by molar-refractivity contribution is 7.89. The second-order valence-electron chi connectivity index (χ2n) is 7.34. The van der Waals surface area contributed by atoms with Crippen molar-refractivity contribution in [2.45, 2.75) is 38.3 Å². The Labute approximate surface area is 189 Å². The number of rotatable bonds is 9. The number of urea groups is 1. The van der Waals surface area contributed by atoms with Crippen molar-refractivity contribution in [2.24, 2.45) is 0 Å². The summed E-state index contributed by atoms with van der Waals surface area (Å²) in [5, 5.41) is 10.0. The van der Waals surface area contributed by atoms with Gasteiger partial charge in [-0.2, -0.15) is 9.40 Å². The number of hydrogen-bond donors (Lipinski definition) is 2. The van der Waals surface area contributed by atoms with E-state index in [4.69, 9.17) is 0 Å². The molecule has 0 aliphatic heterocycles. The molecule has 1 aromatic heterocycles. The van der Waals surface area contributed by atoms with E-state index >= 15 is 0 Å². The summed E-state index contributed by atoms with van der Waals surface area (Å²) < 4.78 is 28.4. The summed E-state index contributed by atoms with van der Waals surface area (Å²) in [4.78, 5) is 12.6. The third kappa shape index (κ3) is 5.54. The van der Waals surface area contributed by atoms with Gasteiger partial charge in [-0.25, -0.2) is 17.9 Å². The number of amides is 2. The Morgan fingerprint density at radius 1 is 1.06 bits per heavy atom. The number of nitrogens with one attached hydrogen (secondary N) is 2. The van der Waals surface area contributed by atoms with Gasteiger partial charge in [0.05, 0.1) is 22.8 Å². The van der Waals surface area contributed by atoms with Crippen molar-refractivity contribution >= 4 is 16.1 Å². The fourth-order valence-corrected chi connectivity index (χ4v) is 4.79. The maximum Gasteiger partial charge on any atom is 0.315 e. The lowest BCUT2D eigenvalue weighted by atomic mass is 10.1. The van der Waals surface area contributed by atoms with E-state index in [1.54, 1.807) is 35.1 Å². The fraction of sp³-hybridized carbons (Fsp3) is 0.304. The van der Waals surface area contributed by atoms with Crippen LogP contribution in [-0.2, 0) is 16.6 Å². The second-order valence-corrected chi connectivity index (χ2v) is 9.27. The zero-order chi connectivity index (χ0) is 23.1. The van der Waals surface area contributed by atoms with Crippen LogP contribution in [0.1, 0.15) is 37.9 Å². The van der Waals surface area contributed by atoms with Crippen LogP contribution in [0, 0.1) is 0 Å². The van der Waals surface area contributed by atoms with Crippen LogP contribution >= 0.6 is 0 Å². The molecule has 0 spiro atoms. The largest absolute Gasteiger partial charge is 0.334 e. The number of benzene rings is 2. The fourth-order valence-electron chi connectivity index (χ4n) is 3.33. The molecular weight excluding hydrogens is 426 g/mol. The molecule has 32 heavy (non-hydrogen) atoms. The van der Waals surface area contributed by atoms with Gasteiger partial charge in [0.2, 0.25) is 10.0 Å². The minimum atomic E-state index is -3.50. The van der Waals surface area contributed by atoms with E-state index in [9.17, 15) is 13.2 Å². The molecule has 0 bridgehead atoms. The summed E-state index contributed by atoms with van der Waals surface area (Å²) >= 11 is 0. The van der Waals surface area contributed by atoms with Crippen molar-refractivity contribution in [3.05, 3.63) is 78.1 Å². The minimum Gasteiger partial charge on any atom is -0.334 e. The molecule has 3 aromatic rings. The summed E-state index contributed by atoms with van der Waals surface area (Å²) in [6.45, 7) is 6.65. The molecule has 0 aliphatic rings. The number of hydrogen-bond acceptors (Lipinski definition) is 4.